The number of carbonyl (C=O) groups excluding carboxylic acids is 2. The van der Waals surface area contributed by atoms with Crippen molar-refractivity contribution in [2.24, 2.45) is 5.73 Å². The minimum Gasteiger partial charge on any atom is -0.460 e. The van der Waals surface area contributed by atoms with Crippen molar-refractivity contribution < 1.29 is 28.9 Å². The number of hydrogen-bond donors (Lipinski definition) is 1. The largest absolute Gasteiger partial charge is 0.460 e. The first-order chi connectivity index (χ1) is 11.9. The Morgan fingerprint density at radius 1 is 1.12 bits per heavy atom. The Morgan fingerprint density at radius 3 is 2.04 bits per heavy atom. The molecule has 11 heteroatoms. The number of non-ortho nitro benzene ring substituents is 2. The Balaban J connectivity index is 2.73. The molecule has 0 aliphatic carbocycles. The minimum atomic E-state index is -1.29. The average Bonchev–Trinajstić information content (AvgIpc) is 2.50. The fourth-order valence-corrected chi connectivity index (χ4v) is 1.86. The van der Waals surface area contributed by atoms with Gasteiger partial charge in [-0.25, -0.2) is 0 Å². The molecule has 0 amide bonds. The summed E-state index contributed by atoms with van der Waals surface area (Å²) in [6, 6.07) is 1.58. The van der Waals surface area contributed by atoms with Gasteiger partial charge in [0.1, 0.15) is 18.2 Å². The molecular formula is C15H19N3O8. The van der Waals surface area contributed by atoms with E-state index in [1.54, 1.807) is 20.8 Å². The molecular weight excluding hydrogens is 350 g/mol. The molecule has 0 fully saturated rings. The average molecular weight is 369 g/mol. The maximum Gasteiger partial charge on any atom is 0.323 e. The summed E-state index contributed by atoms with van der Waals surface area (Å²) in [7, 11) is 0. The highest BCUT2D eigenvalue weighted by Gasteiger charge is 2.24. The van der Waals surface area contributed by atoms with Crippen LogP contribution in [-0.2, 0) is 25.7 Å². The van der Waals surface area contributed by atoms with E-state index in [1.807, 2.05) is 0 Å². The molecule has 0 unspecified atom stereocenters. The Morgan fingerprint density at radius 2 is 1.62 bits per heavy atom. The number of nitrogens with two attached hydrogens (primary N) is 1. The van der Waals surface area contributed by atoms with Crippen molar-refractivity contribution in [3.05, 3.63) is 44.0 Å². The lowest BCUT2D eigenvalue weighted by Crippen LogP contribution is -2.36. The van der Waals surface area contributed by atoms with Gasteiger partial charge in [0.25, 0.3) is 11.4 Å². The molecule has 0 saturated carbocycles. The summed E-state index contributed by atoms with van der Waals surface area (Å²) in [5.41, 5.74) is 3.86. The van der Waals surface area contributed by atoms with Gasteiger partial charge >= 0.3 is 11.9 Å². The van der Waals surface area contributed by atoms with Gasteiger partial charge in [0.05, 0.1) is 22.3 Å². The van der Waals surface area contributed by atoms with Crippen LogP contribution in [0.3, 0.4) is 0 Å². The summed E-state index contributed by atoms with van der Waals surface area (Å²) < 4.78 is 9.90. The van der Waals surface area contributed by atoms with Crippen molar-refractivity contribution in [1.29, 1.82) is 0 Å². The standard InChI is InChI=1S/C15H19N3O8/c1-15(2,3)26-13(19)7-12(16)14(20)25-8-9-4-10(17(21)22)6-11(5-9)18(23)24/h4-6,12H,7-8,16H2,1-3H3/t12-/m0/s1. The molecule has 0 aliphatic rings. The highest BCUT2D eigenvalue weighted by Crippen LogP contribution is 2.23. The zero-order valence-electron chi connectivity index (χ0n) is 14.5. The molecule has 0 heterocycles. The Hall–Kier alpha value is -3.08. The molecule has 142 valence electrons. The molecule has 26 heavy (non-hydrogen) atoms. The normalized spacial score (nSPS) is 12.2. The van der Waals surface area contributed by atoms with E-state index >= 15 is 0 Å². The molecule has 0 aromatic heterocycles. The molecule has 0 saturated heterocycles. The molecule has 0 radical (unpaired) electrons. The van der Waals surface area contributed by atoms with Crippen molar-refractivity contribution in [3.63, 3.8) is 0 Å². The van der Waals surface area contributed by atoms with E-state index in [1.165, 1.54) is 0 Å². The van der Waals surface area contributed by atoms with Crippen molar-refractivity contribution in [3.8, 4) is 0 Å². The van der Waals surface area contributed by atoms with E-state index < -0.39 is 57.8 Å². The first-order valence-corrected chi connectivity index (χ1v) is 7.46. The second-order valence-electron chi connectivity index (χ2n) is 6.38. The predicted octanol–water partition coefficient (Wildman–Crippen LogP) is 1.61. The number of ether oxygens (including phenoxy) is 2. The third-order valence-electron chi connectivity index (χ3n) is 2.87. The molecule has 11 nitrogen and oxygen atoms in total. The minimum absolute atomic E-state index is 0.0451. The van der Waals surface area contributed by atoms with E-state index in [0.717, 1.165) is 18.2 Å². The number of nitrogens with zero attached hydrogens (tertiary/aromatic N) is 2. The zero-order valence-corrected chi connectivity index (χ0v) is 14.5. The van der Waals surface area contributed by atoms with Gasteiger partial charge in [0.2, 0.25) is 0 Å². The number of benzene rings is 1. The highest BCUT2D eigenvalue weighted by atomic mass is 16.6. The monoisotopic (exact) mass is 369 g/mol. The Bertz CT molecular complexity index is 694. The second kappa shape index (κ2) is 8.34. The van der Waals surface area contributed by atoms with Crippen LogP contribution in [0.15, 0.2) is 18.2 Å². The van der Waals surface area contributed by atoms with E-state index in [2.05, 4.69) is 0 Å². The maximum atomic E-state index is 11.8. The number of nitro groups is 2. The molecule has 1 atom stereocenters. The third kappa shape index (κ3) is 6.81. The summed E-state index contributed by atoms with van der Waals surface area (Å²) in [6.45, 7) is 4.50. The SMILES string of the molecule is CC(C)(C)OC(=O)C[C@H](N)C(=O)OCc1cc([N+](=O)[O-])cc([N+](=O)[O-])c1. The first-order valence-electron chi connectivity index (χ1n) is 7.46. The molecule has 1 rings (SSSR count). The van der Waals surface area contributed by atoms with Gasteiger partial charge in [0.15, 0.2) is 0 Å². The van der Waals surface area contributed by atoms with E-state index in [0.29, 0.717) is 0 Å². The van der Waals surface area contributed by atoms with Crippen molar-refractivity contribution >= 4 is 23.3 Å². The van der Waals surface area contributed by atoms with Gasteiger partial charge in [-0.15, -0.1) is 0 Å². The maximum absolute atomic E-state index is 11.8. The number of carbonyl (C=O) groups is 2. The van der Waals surface area contributed by atoms with Crippen LogP contribution in [0.25, 0.3) is 0 Å². The smallest absolute Gasteiger partial charge is 0.323 e. The summed E-state index contributed by atoms with van der Waals surface area (Å²) >= 11 is 0. The van der Waals surface area contributed by atoms with E-state index in [-0.39, 0.29) is 5.56 Å². The van der Waals surface area contributed by atoms with Crippen molar-refractivity contribution in [2.45, 2.75) is 45.4 Å². The summed E-state index contributed by atoms with van der Waals surface area (Å²) in [6.07, 6.45) is -0.412. The summed E-state index contributed by atoms with van der Waals surface area (Å²) in [5.74, 6) is -1.63. The van der Waals surface area contributed by atoms with Crippen LogP contribution < -0.4 is 5.73 Å². The predicted molar refractivity (Wildman–Crippen MR) is 88.0 cm³/mol. The van der Waals surface area contributed by atoms with E-state index in [9.17, 15) is 29.8 Å². The lowest BCUT2D eigenvalue weighted by atomic mass is 10.1. The molecule has 2 N–H and O–H groups in total. The Kier molecular flexibility index (Phi) is 6.72. The summed E-state index contributed by atoms with van der Waals surface area (Å²) in [4.78, 5) is 43.5. The number of esters is 2. The van der Waals surface area contributed by atoms with Crippen molar-refractivity contribution in [1.82, 2.24) is 0 Å². The van der Waals surface area contributed by atoms with Crippen LogP contribution in [0.2, 0.25) is 0 Å². The Labute approximate surface area is 148 Å². The zero-order chi connectivity index (χ0) is 20.1. The first kappa shape index (κ1) is 21.0. The van der Waals surface area contributed by atoms with Crippen LogP contribution in [0.5, 0.6) is 0 Å². The van der Waals surface area contributed by atoms with Crippen LogP contribution in [0.4, 0.5) is 11.4 Å². The van der Waals surface area contributed by atoms with Crippen LogP contribution in [0, 0.1) is 20.2 Å². The molecule has 0 bridgehead atoms. The van der Waals surface area contributed by atoms with Gasteiger partial charge in [-0.2, -0.15) is 0 Å². The lowest BCUT2D eigenvalue weighted by Gasteiger charge is -2.20. The van der Waals surface area contributed by atoms with Gasteiger partial charge in [0, 0.05) is 17.7 Å². The topological polar surface area (TPSA) is 165 Å². The molecule has 1 aromatic carbocycles. The number of rotatable bonds is 7. The quantitative estimate of drug-likeness (QED) is 0.426. The fourth-order valence-electron chi connectivity index (χ4n) is 1.86. The third-order valence-corrected chi connectivity index (χ3v) is 2.87. The van der Waals surface area contributed by atoms with Gasteiger partial charge < -0.3 is 15.2 Å². The van der Waals surface area contributed by atoms with Crippen molar-refractivity contribution in [2.75, 3.05) is 0 Å². The second-order valence-corrected chi connectivity index (χ2v) is 6.38. The van der Waals surface area contributed by atoms with Crippen LogP contribution in [-0.4, -0.2) is 33.4 Å². The van der Waals surface area contributed by atoms with Gasteiger partial charge in [-0.3, -0.25) is 29.8 Å². The number of nitro benzene ring substituents is 2. The fraction of sp³-hybridized carbons (Fsp3) is 0.467. The lowest BCUT2D eigenvalue weighted by molar-refractivity contribution is -0.394. The van der Waals surface area contributed by atoms with Crippen LogP contribution >= 0.6 is 0 Å². The number of hydrogen-bond acceptors (Lipinski definition) is 9. The van der Waals surface area contributed by atoms with Gasteiger partial charge in [-0.1, -0.05) is 0 Å². The molecule has 0 aliphatic heterocycles. The molecule has 0 spiro atoms. The summed E-state index contributed by atoms with van der Waals surface area (Å²) in [5, 5.41) is 21.6. The molecule has 1 aromatic rings. The van der Waals surface area contributed by atoms with Gasteiger partial charge in [-0.05, 0) is 20.8 Å². The van der Waals surface area contributed by atoms with E-state index in [4.69, 9.17) is 15.2 Å². The van der Waals surface area contributed by atoms with Crippen LogP contribution in [0.1, 0.15) is 32.8 Å². The highest BCUT2D eigenvalue weighted by molar-refractivity contribution is 5.82.